The van der Waals surface area contributed by atoms with Crippen LogP contribution in [0, 0.1) is 16.7 Å². The van der Waals surface area contributed by atoms with E-state index < -0.39 is 0 Å². The standard InChI is InChI=1S/C36H53N/c1-3-5-7-9-11-13-17-27-36(30-37)28-25-33(26-29-36)35-20-16-15-19-34(35)32-23-21-31(22-24-32)18-14-12-10-8-6-4-2/h15-16,19-24,33H,3-14,17-18,25-29H2,1-2H3. The third kappa shape index (κ3) is 9.63. The number of hydrogen-bond acceptors (Lipinski definition) is 1. The minimum Gasteiger partial charge on any atom is -0.198 e. The number of hydrogen-bond donors (Lipinski definition) is 0. The average molecular weight is 500 g/mol. The van der Waals surface area contributed by atoms with E-state index in [1.54, 1.807) is 0 Å². The van der Waals surface area contributed by atoms with E-state index in [2.05, 4.69) is 68.4 Å². The molecular formula is C36H53N. The molecule has 0 N–H and O–H groups in total. The Kier molecular flexibility index (Phi) is 13.3. The second-order valence-corrected chi connectivity index (χ2v) is 11.8. The van der Waals surface area contributed by atoms with Gasteiger partial charge in [0.2, 0.25) is 0 Å². The maximum absolute atomic E-state index is 10.1. The van der Waals surface area contributed by atoms with Gasteiger partial charge in [-0.15, -0.1) is 0 Å². The number of aryl methyl sites for hydroxylation is 1. The van der Waals surface area contributed by atoms with Gasteiger partial charge >= 0.3 is 0 Å². The van der Waals surface area contributed by atoms with E-state index in [0.29, 0.717) is 5.92 Å². The summed E-state index contributed by atoms with van der Waals surface area (Å²) in [6.45, 7) is 4.56. The largest absolute Gasteiger partial charge is 0.198 e. The molecule has 1 fully saturated rings. The van der Waals surface area contributed by atoms with E-state index in [1.165, 1.54) is 112 Å². The van der Waals surface area contributed by atoms with Crippen LogP contribution in [0.1, 0.15) is 146 Å². The lowest BCUT2D eigenvalue weighted by Crippen LogP contribution is -2.25. The van der Waals surface area contributed by atoms with Crippen molar-refractivity contribution in [2.75, 3.05) is 0 Å². The molecule has 1 saturated carbocycles. The van der Waals surface area contributed by atoms with Crippen molar-refractivity contribution in [3.05, 3.63) is 59.7 Å². The van der Waals surface area contributed by atoms with Gasteiger partial charge in [-0.2, -0.15) is 5.26 Å². The van der Waals surface area contributed by atoms with E-state index in [9.17, 15) is 5.26 Å². The maximum Gasteiger partial charge on any atom is 0.0689 e. The Hall–Kier alpha value is -2.07. The van der Waals surface area contributed by atoms with Crippen LogP contribution in [-0.2, 0) is 6.42 Å². The van der Waals surface area contributed by atoms with E-state index in [0.717, 1.165) is 32.1 Å². The molecule has 0 aliphatic heterocycles. The molecule has 202 valence electrons. The second-order valence-electron chi connectivity index (χ2n) is 11.8. The van der Waals surface area contributed by atoms with Crippen LogP contribution in [0.4, 0.5) is 0 Å². The Labute approximate surface area is 229 Å². The van der Waals surface area contributed by atoms with Crippen molar-refractivity contribution in [2.24, 2.45) is 5.41 Å². The Morgan fingerprint density at radius 1 is 0.703 bits per heavy atom. The normalized spacial score (nSPS) is 19.5. The molecule has 0 heterocycles. The highest BCUT2D eigenvalue weighted by Crippen LogP contribution is 2.47. The zero-order chi connectivity index (χ0) is 26.2. The van der Waals surface area contributed by atoms with Gasteiger partial charge in [0.25, 0.3) is 0 Å². The summed E-state index contributed by atoms with van der Waals surface area (Å²) >= 11 is 0. The number of rotatable bonds is 17. The zero-order valence-corrected chi connectivity index (χ0v) is 24.1. The molecule has 37 heavy (non-hydrogen) atoms. The van der Waals surface area contributed by atoms with Gasteiger partial charge in [-0.1, -0.05) is 139 Å². The Bertz CT molecular complexity index is 910. The molecule has 0 bridgehead atoms. The van der Waals surface area contributed by atoms with Crippen molar-refractivity contribution in [2.45, 2.75) is 142 Å². The summed E-state index contributed by atoms with van der Waals surface area (Å²) in [6.07, 6.45) is 24.2. The van der Waals surface area contributed by atoms with Crippen molar-refractivity contribution in [1.82, 2.24) is 0 Å². The summed E-state index contributed by atoms with van der Waals surface area (Å²) in [4.78, 5) is 0. The van der Waals surface area contributed by atoms with Gasteiger partial charge in [0.05, 0.1) is 11.5 Å². The molecule has 0 atom stereocenters. The van der Waals surface area contributed by atoms with Gasteiger partial charge in [0.15, 0.2) is 0 Å². The van der Waals surface area contributed by atoms with Crippen LogP contribution in [0.2, 0.25) is 0 Å². The van der Waals surface area contributed by atoms with Crippen LogP contribution in [0.25, 0.3) is 11.1 Å². The third-order valence-corrected chi connectivity index (χ3v) is 8.92. The highest BCUT2D eigenvalue weighted by Gasteiger charge is 2.35. The van der Waals surface area contributed by atoms with E-state index >= 15 is 0 Å². The van der Waals surface area contributed by atoms with Crippen LogP contribution in [0.3, 0.4) is 0 Å². The molecule has 0 unspecified atom stereocenters. The minimum absolute atomic E-state index is 0.0763. The Balaban J connectivity index is 1.51. The molecule has 0 spiro atoms. The van der Waals surface area contributed by atoms with Crippen molar-refractivity contribution in [3.63, 3.8) is 0 Å². The number of unbranched alkanes of at least 4 members (excludes halogenated alkanes) is 11. The van der Waals surface area contributed by atoms with Crippen molar-refractivity contribution in [1.29, 1.82) is 5.26 Å². The molecule has 0 radical (unpaired) electrons. The average Bonchev–Trinajstić information content (AvgIpc) is 2.95. The number of nitrogens with zero attached hydrogens (tertiary/aromatic N) is 1. The SMILES string of the molecule is CCCCCCCCCC1(C#N)CCC(c2ccccc2-c2ccc(CCCCCCCC)cc2)CC1. The van der Waals surface area contributed by atoms with Gasteiger partial charge < -0.3 is 0 Å². The molecule has 3 rings (SSSR count). The first-order valence-corrected chi connectivity index (χ1v) is 15.8. The summed E-state index contributed by atoms with van der Waals surface area (Å²) in [5.41, 5.74) is 5.64. The molecule has 2 aromatic rings. The van der Waals surface area contributed by atoms with Crippen LogP contribution < -0.4 is 0 Å². The van der Waals surface area contributed by atoms with E-state index in [1.807, 2.05) is 0 Å². The second kappa shape index (κ2) is 16.7. The summed E-state index contributed by atoms with van der Waals surface area (Å²) in [5, 5.41) is 10.1. The van der Waals surface area contributed by atoms with Crippen molar-refractivity contribution in [3.8, 4) is 17.2 Å². The highest BCUT2D eigenvalue weighted by atomic mass is 14.4. The molecule has 0 amide bonds. The quantitative estimate of drug-likeness (QED) is 0.198. The lowest BCUT2D eigenvalue weighted by atomic mass is 9.67. The predicted molar refractivity (Wildman–Crippen MR) is 161 cm³/mol. The molecule has 1 heteroatoms. The maximum atomic E-state index is 10.1. The topological polar surface area (TPSA) is 23.8 Å². The molecule has 1 aliphatic rings. The molecule has 1 nitrogen and oxygen atoms in total. The van der Waals surface area contributed by atoms with Gasteiger partial charge in [0, 0.05) is 0 Å². The number of benzene rings is 2. The first kappa shape index (κ1) is 29.5. The lowest BCUT2D eigenvalue weighted by Gasteiger charge is -2.36. The summed E-state index contributed by atoms with van der Waals surface area (Å²) in [5.74, 6) is 0.578. The Morgan fingerprint density at radius 2 is 1.27 bits per heavy atom. The van der Waals surface area contributed by atoms with Crippen LogP contribution in [-0.4, -0.2) is 0 Å². The smallest absolute Gasteiger partial charge is 0.0689 e. The van der Waals surface area contributed by atoms with E-state index in [4.69, 9.17) is 0 Å². The summed E-state index contributed by atoms with van der Waals surface area (Å²) in [6, 6.07) is 21.2. The minimum atomic E-state index is -0.0763. The molecule has 0 saturated heterocycles. The highest BCUT2D eigenvalue weighted by molar-refractivity contribution is 5.68. The predicted octanol–water partition coefficient (Wildman–Crippen LogP) is 11.6. The van der Waals surface area contributed by atoms with E-state index in [-0.39, 0.29) is 5.41 Å². The van der Waals surface area contributed by atoms with Gasteiger partial charge in [0.1, 0.15) is 0 Å². The number of nitriles is 1. The Morgan fingerprint density at radius 3 is 1.89 bits per heavy atom. The van der Waals surface area contributed by atoms with Crippen LogP contribution >= 0.6 is 0 Å². The molecule has 0 aromatic heterocycles. The fraction of sp³-hybridized carbons (Fsp3) is 0.639. The molecular weight excluding hydrogens is 446 g/mol. The molecule has 2 aromatic carbocycles. The fourth-order valence-electron chi connectivity index (χ4n) is 6.40. The summed E-state index contributed by atoms with van der Waals surface area (Å²) < 4.78 is 0. The molecule has 1 aliphatic carbocycles. The first-order chi connectivity index (χ1) is 18.2. The van der Waals surface area contributed by atoms with Gasteiger partial charge in [-0.05, 0) is 73.1 Å². The zero-order valence-electron chi connectivity index (χ0n) is 24.1. The van der Waals surface area contributed by atoms with Crippen molar-refractivity contribution < 1.29 is 0 Å². The van der Waals surface area contributed by atoms with Crippen LogP contribution in [0.5, 0.6) is 0 Å². The fourth-order valence-corrected chi connectivity index (χ4v) is 6.40. The summed E-state index contributed by atoms with van der Waals surface area (Å²) in [7, 11) is 0. The van der Waals surface area contributed by atoms with Crippen LogP contribution in [0.15, 0.2) is 48.5 Å². The lowest BCUT2D eigenvalue weighted by molar-refractivity contribution is 0.223. The van der Waals surface area contributed by atoms with Gasteiger partial charge in [-0.3, -0.25) is 0 Å². The van der Waals surface area contributed by atoms with Gasteiger partial charge in [-0.25, -0.2) is 0 Å². The van der Waals surface area contributed by atoms with Crippen molar-refractivity contribution >= 4 is 0 Å². The monoisotopic (exact) mass is 499 g/mol. The third-order valence-electron chi connectivity index (χ3n) is 8.92. The first-order valence-electron chi connectivity index (χ1n) is 15.8.